The fraction of sp³-hybridized carbons (Fsp3) is 0.643. The van der Waals surface area contributed by atoms with Gasteiger partial charge in [-0.15, -0.1) is 0 Å². The van der Waals surface area contributed by atoms with Gasteiger partial charge in [0.2, 0.25) is 5.88 Å². The average Bonchev–Trinajstić information content (AvgIpc) is 2.32. The minimum Gasteiger partial charge on any atom is -0.475 e. The molecule has 3 nitrogen and oxygen atoms in total. The van der Waals surface area contributed by atoms with Crippen molar-refractivity contribution >= 4 is 0 Å². The van der Waals surface area contributed by atoms with E-state index in [4.69, 9.17) is 4.74 Å². The van der Waals surface area contributed by atoms with E-state index in [-0.39, 0.29) is 6.10 Å². The Morgan fingerprint density at radius 3 is 2.71 bits per heavy atom. The molecule has 0 fully saturated rings. The topological polar surface area (TPSA) is 34.1 Å². The third-order valence-corrected chi connectivity index (χ3v) is 2.81. The molecule has 0 spiro atoms. The maximum absolute atomic E-state index is 5.69. The highest BCUT2D eigenvalue weighted by molar-refractivity contribution is 5.24. The summed E-state index contributed by atoms with van der Waals surface area (Å²) in [4.78, 5) is 4.48. The molecule has 0 saturated carbocycles. The standard InChI is InChI=1S/C14H24N2O/c1-5-9-15-10-13-7-8-14(16-12(13)4)17-11(3)6-2/h7-8,11,15H,5-6,9-10H2,1-4H3. The lowest BCUT2D eigenvalue weighted by Crippen LogP contribution is -2.16. The zero-order valence-electron chi connectivity index (χ0n) is 11.4. The molecule has 0 saturated heterocycles. The second-order valence-corrected chi connectivity index (χ2v) is 4.41. The van der Waals surface area contributed by atoms with E-state index >= 15 is 0 Å². The molecule has 1 atom stereocenters. The Balaban J connectivity index is 2.59. The van der Waals surface area contributed by atoms with Crippen LogP contribution in [0.1, 0.15) is 44.9 Å². The van der Waals surface area contributed by atoms with Gasteiger partial charge in [0.1, 0.15) is 0 Å². The monoisotopic (exact) mass is 236 g/mol. The number of pyridine rings is 1. The molecule has 17 heavy (non-hydrogen) atoms. The SMILES string of the molecule is CCCNCc1ccc(OC(C)CC)nc1C. The summed E-state index contributed by atoms with van der Waals surface area (Å²) in [6, 6.07) is 4.06. The predicted octanol–water partition coefficient (Wildman–Crippen LogP) is 3.07. The van der Waals surface area contributed by atoms with E-state index in [1.807, 2.05) is 13.0 Å². The van der Waals surface area contributed by atoms with Crippen molar-refractivity contribution in [1.29, 1.82) is 0 Å². The van der Waals surface area contributed by atoms with Crippen LogP contribution < -0.4 is 10.1 Å². The van der Waals surface area contributed by atoms with Crippen LogP contribution in [-0.2, 0) is 6.54 Å². The summed E-state index contributed by atoms with van der Waals surface area (Å²) in [5.41, 5.74) is 2.30. The van der Waals surface area contributed by atoms with Crippen molar-refractivity contribution in [3.8, 4) is 5.88 Å². The van der Waals surface area contributed by atoms with Gasteiger partial charge in [0, 0.05) is 18.3 Å². The summed E-state index contributed by atoms with van der Waals surface area (Å²) in [6.45, 7) is 10.3. The van der Waals surface area contributed by atoms with Gasteiger partial charge in [0.15, 0.2) is 0 Å². The minimum atomic E-state index is 0.228. The molecule has 0 aliphatic heterocycles. The van der Waals surface area contributed by atoms with Crippen LogP contribution in [0.25, 0.3) is 0 Å². The van der Waals surface area contributed by atoms with Gasteiger partial charge < -0.3 is 10.1 Å². The van der Waals surface area contributed by atoms with E-state index in [2.05, 4.69) is 37.1 Å². The Bertz CT molecular complexity index is 339. The fourth-order valence-corrected chi connectivity index (χ4v) is 1.51. The van der Waals surface area contributed by atoms with Crippen LogP contribution in [0.3, 0.4) is 0 Å². The van der Waals surface area contributed by atoms with E-state index in [1.165, 1.54) is 5.56 Å². The molecule has 1 aromatic rings. The first-order chi connectivity index (χ1) is 8.17. The predicted molar refractivity (Wildman–Crippen MR) is 71.4 cm³/mol. The van der Waals surface area contributed by atoms with Crippen LogP contribution >= 0.6 is 0 Å². The molecule has 96 valence electrons. The maximum Gasteiger partial charge on any atom is 0.213 e. The van der Waals surface area contributed by atoms with E-state index < -0.39 is 0 Å². The molecule has 1 N–H and O–H groups in total. The van der Waals surface area contributed by atoms with Crippen molar-refractivity contribution in [2.24, 2.45) is 0 Å². The van der Waals surface area contributed by atoms with Crippen molar-refractivity contribution in [2.45, 2.75) is 53.2 Å². The third-order valence-electron chi connectivity index (χ3n) is 2.81. The second kappa shape index (κ2) is 7.28. The number of aromatic nitrogens is 1. The van der Waals surface area contributed by atoms with E-state index in [0.717, 1.165) is 37.5 Å². The summed E-state index contributed by atoms with van der Waals surface area (Å²) < 4.78 is 5.69. The molecule has 1 rings (SSSR count). The van der Waals surface area contributed by atoms with Gasteiger partial charge in [-0.05, 0) is 38.8 Å². The van der Waals surface area contributed by atoms with Crippen LogP contribution in [-0.4, -0.2) is 17.6 Å². The summed E-state index contributed by atoms with van der Waals surface area (Å²) in [6.07, 6.45) is 2.38. The Morgan fingerprint density at radius 1 is 1.35 bits per heavy atom. The molecular weight excluding hydrogens is 212 g/mol. The van der Waals surface area contributed by atoms with Gasteiger partial charge in [0.25, 0.3) is 0 Å². The number of rotatable bonds is 7. The summed E-state index contributed by atoms with van der Waals surface area (Å²) in [7, 11) is 0. The van der Waals surface area contributed by atoms with Crippen molar-refractivity contribution in [1.82, 2.24) is 10.3 Å². The molecule has 1 heterocycles. The van der Waals surface area contributed by atoms with Crippen molar-refractivity contribution in [3.63, 3.8) is 0 Å². The Labute approximate surface area is 105 Å². The van der Waals surface area contributed by atoms with Crippen LogP contribution in [0.2, 0.25) is 0 Å². The Hall–Kier alpha value is -1.09. The smallest absolute Gasteiger partial charge is 0.213 e. The van der Waals surface area contributed by atoms with Crippen LogP contribution in [0.5, 0.6) is 5.88 Å². The van der Waals surface area contributed by atoms with Gasteiger partial charge in [-0.2, -0.15) is 0 Å². The first-order valence-corrected chi connectivity index (χ1v) is 6.51. The third kappa shape index (κ3) is 4.73. The number of hydrogen-bond acceptors (Lipinski definition) is 3. The Kier molecular flexibility index (Phi) is 5.98. The number of nitrogens with one attached hydrogen (secondary N) is 1. The molecular formula is C14H24N2O. The number of aryl methyl sites for hydroxylation is 1. The highest BCUT2D eigenvalue weighted by atomic mass is 16.5. The maximum atomic E-state index is 5.69. The molecule has 0 aliphatic rings. The first kappa shape index (κ1) is 14.0. The van der Waals surface area contributed by atoms with Gasteiger partial charge >= 0.3 is 0 Å². The highest BCUT2D eigenvalue weighted by Crippen LogP contribution is 2.14. The molecule has 3 heteroatoms. The fourth-order valence-electron chi connectivity index (χ4n) is 1.51. The first-order valence-electron chi connectivity index (χ1n) is 6.51. The van der Waals surface area contributed by atoms with E-state index in [9.17, 15) is 0 Å². The van der Waals surface area contributed by atoms with Crippen molar-refractivity contribution in [3.05, 3.63) is 23.4 Å². The summed E-state index contributed by atoms with van der Waals surface area (Å²) >= 11 is 0. The number of ether oxygens (including phenoxy) is 1. The molecule has 0 radical (unpaired) electrons. The minimum absolute atomic E-state index is 0.228. The molecule has 0 aromatic carbocycles. The van der Waals surface area contributed by atoms with Crippen LogP contribution in [0.15, 0.2) is 12.1 Å². The normalized spacial score (nSPS) is 12.5. The van der Waals surface area contributed by atoms with E-state index in [1.54, 1.807) is 0 Å². The lowest BCUT2D eigenvalue weighted by atomic mass is 10.2. The molecule has 1 unspecified atom stereocenters. The van der Waals surface area contributed by atoms with E-state index in [0.29, 0.717) is 0 Å². The lowest BCUT2D eigenvalue weighted by molar-refractivity contribution is 0.208. The Morgan fingerprint density at radius 2 is 2.12 bits per heavy atom. The second-order valence-electron chi connectivity index (χ2n) is 4.41. The zero-order valence-corrected chi connectivity index (χ0v) is 11.4. The highest BCUT2D eigenvalue weighted by Gasteiger charge is 2.05. The van der Waals surface area contributed by atoms with Crippen molar-refractivity contribution in [2.75, 3.05) is 6.54 Å². The molecule has 0 bridgehead atoms. The number of nitrogens with zero attached hydrogens (tertiary/aromatic N) is 1. The van der Waals surface area contributed by atoms with Gasteiger partial charge in [0.05, 0.1) is 6.10 Å². The van der Waals surface area contributed by atoms with Crippen molar-refractivity contribution < 1.29 is 4.74 Å². The molecule has 0 amide bonds. The molecule has 1 aromatic heterocycles. The number of hydrogen-bond donors (Lipinski definition) is 1. The zero-order chi connectivity index (χ0) is 12.7. The van der Waals surface area contributed by atoms with Gasteiger partial charge in [-0.3, -0.25) is 0 Å². The van der Waals surface area contributed by atoms with Gasteiger partial charge in [-0.1, -0.05) is 19.9 Å². The van der Waals surface area contributed by atoms with Crippen LogP contribution in [0.4, 0.5) is 0 Å². The molecule has 0 aliphatic carbocycles. The lowest BCUT2D eigenvalue weighted by Gasteiger charge is -2.13. The van der Waals surface area contributed by atoms with Gasteiger partial charge in [-0.25, -0.2) is 4.98 Å². The quantitative estimate of drug-likeness (QED) is 0.739. The van der Waals surface area contributed by atoms with Crippen LogP contribution in [0, 0.1) is 6.92 Å². The summed E-state index contributed by atoms with van der Waals surface area (Å²) in [5, 5.41) is 3.38. The largest absolute Gasteiger partial charge is 0.475 e. The summed E-state index contributed by atoms with van der Waals surface area (Å²) in [5.74, 6) is 0.732. The average molecular weight is 236 g/mol.